The largest absolute Gasteiger partial charge is 0.233 e. The van der Waals surface area contributed by atoms with Gasteiger partial charge < -0.3 is 0 Å². The molecule has 0 saturated carbocycles. The van der Waals surface area contributed by atoms with Crippen molar-refractivity contribution in [2.45, 2.75) is 0 Å². The quantitative estimate of drug-likeness (QED) is 0.456. The maximum Gasteiger partial charge on any atom is 0.123 e. The van der Waals surface area contributed by atoms with E-state index in [4.69, 9.17) is 5.10 Å². The van der Waals surface area contributed by atoms with Crippen LogP contribution in [-0.2, 0) is 0 Å². The molecule has 4 rings (SSSR count). The standard InChI is InChI=1S/C23H17FN2/c24-20-14-12-19(13-15-20)23-17-22(16-11-18-7-3-1-4-8-18)26(25-23)21-9-5-2-6-10-21/h1-17H/b16-11+. The Morgan fingerprint density at radius 2 is 1.38 bits per heavy atom. The van der Waals surface area contributed by atoms with E-state index in [0.29, 0.717) is 0 Å². The molecule has 0 fully saturated rings. The zero-order valence-corrected chi connectivity index (χ0v) is 14.1. The summed E-state index contributed by atoms with van der Waals surface area (Å²) in [6, 6.07) is 28.5. The van der Waals surface area contributed by atoms with Crippen LogP contribution in [0.3, 0.4) is 0 Å². The summed E-state index contributed by atoms with van der Waals surface area (Å²) in [7, 11) is 0. The normalized spacial score (nSPS) is 11.1. The van der Waals surface area contributed by atoms with Gasteiger partial charge in [-0.05, 0) is 54.1 Å². The summed E-state index contributed by atoms with van der Waals surface area (Å²) in [4.78, 5) is 0. The molecule has 0 saturated heterocycles. The molecule has 26 heavy (non-hydrogen) atoms. The van der Waals surface area contributed by atoms with Gasteiger partial charge in [-0.25, -0.2) is 9.07 Å². The second kappa shape index (κ2) is 7.19. The molecular weight excluding hydrogens is 323 g/mol. The van der Waals surface area contributed by atoms with E-state index >= 15 is 0 Å². The molecule has 4 aromatic rings. The molecule has 0 aliphatic heterocycles. The first-order valence-corrected chi connectivity index (χ1v) is 8.44. The summed E-state index contributed by atoms with van der Waals surface area (Å²) in [5, 5.41) is 4.74. The number of para-hydroxylation sites is 1. The average Bonchev–Trinajstić information content (AvgIpc) is 3.13. The van der Waals surface area contributed by atoms with E-state index in [9.17, 15) is 4.39 Å². The zero-order valence-electron chi connectivity index (χ0n) is 14.1. The third-order valence-electron chi connectivity index (χ3n) is 4.12. The lowest BCUT2D eigenvalue weighted by Crippen LogP contribution is -1.98. The van der Waals surface area contributed by atoms with E-state index in [2.05, 4.69) is 18.2 Å². The fraction of sp³-hybridized carbons (Fsp3) is 0. The van der Waals surface area contributed by atoms with Crippen molar-refractivity contribution in [3.8, 4) is 16.9 Å². The van der Waals surface area contributed by atoms with Gasteiger partial charge in [0.25, 0.3) is 0 Å². The van der Waals surface area contributed by atoms with Crippen molar-refractivity contribution in [2.24, 2.45) is 0 Å². The van der Waals surface area contributed by atoms with E-state index in [-0.39, 0.29) is 5.82 Å². The van der Waals surface area contributed by atoms with E-state index in [1.165, 1.54) is 12.1 Å². The highest BCUT2D eigenvalue weighted by atomic mass is 19.1. The monoisotopic (exact) mass is 340 g/mol. The third-order valence-corrected chi connectivity index (χ3v) is 4.12. The molecule has 0 bridgehead atoms. The summed E-state index contributed by atoms with van der Waals surface area (Å²) in [5.74, 6) is -0.250. The Morgan fingerprint density at radius 1 is 0.731 bits per heavy atom. The van der Waals surface area contributed by atoms with Crippen LogP contribution in [0, 0.1) is 5.82 Å². The van der Waals surface area contributed by atoms with Crippen LogP contribution in [0.2, 0.25) is 0 Å². The highest BCUT2D eigenvalue weighted by Gasteiger charge is 2.09. The molecule has 1 aromatic heterocycles. The average molecular weight is 340 g/mol. The second-order valence-electron chi connectivity index (χ2n) is 5.95. The molecule has 2 nitrogen and oxygen atoms in total. The first-order chi connectivity index (χ1) is 12.8. The Bertz CT molecular complexity index is 1020. The number of hydrogen-bond donors (Lipinski definition) is 0. The van der Waals surface area contributed by atoms with Crippen LogP contribution < -0.4 is 0 Å². The lowest BCUT2D eigenvalue weighted by Gasteiger charge is -2.04. The van der Waals surface area contributed by atoms with Gasteiger partial charge in [0.2, 0.25) is 0 Å². The smallest absolute Gasteiger partial charge is 0.123 e. The maximum absolute atomic E-state index is 13.2. The molecule has 126 valence electrons. The lowest BCUT2D eigenvalue weighted by molar-refractivity contribution is 0.628. The molecule has 0 aliphatic carbocycles. The summed E-state index contributed by atoms with van der Waals surface area (Å²) < 4.78 is 15.1. The van der Waals surface area contributed by atoms with Gasteiger partial charge >= 0.3 is 0 Å². The molecule has 0 aliphatic rings. The summed E-state index contributed by atoms with van der Waals surface area (Å²) in [6.07, 6.45) is 4.10. The Balaban J connectivity index is 1.78. The van der Waals surface area contributed by atoms with Gasteiger partial charge in [0.15, 0.2) is 0 Å². The first kappa shape index (κ1) is 16.0. The minimum atomic E-state index is -0.250. The fourth-order valence-corrected chi connectivity index (χ4v) is 2.80. The molecule has 3 aromatic carbocycles. The maximum atomic E-state index is 13.2. The predicted octanol–water partition coefficient (Wildman–Crippen LogP) is 5.85. The number of benzene rings is 3. The van der Waals surface area contributed by atoms with Gasteiger partial charge in [0, 0.05) is 5.56 Å². The van der Waals surface area contributed by atoms with E-state index in [1.54, 1.807) is 12.1 Å². The van der Waals surface area contributed by atoms with Gasteiger partial charge in [-0.15, -0.1) is 0 Å². The topological polar surface area (TPSA) is 17.8 Å². The summed E-state index contributed by atoms with van der Waals surface area (Å²) in [5.41, 5.74) is 4.75. The summed E-state index contributed by atoms with van der Waals surface area (Å²) >= 11 is 0. The molecule has 3 heteroatoms. The van der Waals surface area contributed by atoms with Crippen LogP contribution in [0.1, 0.15) is 11.3 Å². The van der Waals surface area contributed by atoms with E-state index < -0.39 is 0 Å². The van der Waals surface area contributed by atoms with Crippen LogP contribution in [-0.4, -0.2) is 9.78 Å². The highest BCUT2D eigenvalue weighted by molar-refractivity contribution is 5.72. The van der Waals surface area contributed by atoms with Crippen molar-refractivity contribution in [3.05, 3.63) is 108 Å². The first-order valence-electron chi connectivity index (χ1n) is 8.44. The van der Waals surface area contributed by atoms with Gasteiger partial charge in [-0.3, -0.25) is 0 Å². The molecular formula is C23H17FN2. The van der Waals surface area contributed by atoms with Crippen molar-refractivity contribution >= 4 is 12.2 Å². The number of rotatable bonds is 4. The molecule has 1 heterocycles. The van der Waals surface area contributed by atoms with Crippen molar-refractivity contribution in [1.82, 2.24) is 9.78 Å². The number of nitrogens with zero attached hydrogens (tertiary/aromatic N) is 2. The molecule has 0 unspecified atom stereocenters. The molecule has 0 spiro atoms. The molecule has 0 radical (unpaired) electrons. The third kappa shape index (κ3) is 3.47. The number of halogens is 1. The predicted molar refractivity (Wildman–Crippen MR) is 104 cm³/mol. The van der Waals surface area contributed by atoms with E-state index in [0.717, 1.165) is 28.2 Å². The summed E-state index contributed by atoms with van der Waals surface area (Å²) in [6.45, 7) is 0. The van der Waals surface area contributed by atoms with Gasteiger partial charge in [-0.1, -0.05) is 54.6 Å². The molecule has 0 amide bonds. The van der Waals surface area contributed by atoms with Crippen LogP contribution in [0.5, 0.6) is 0 Å². The number of hydrogen-bond acceptors (Lipinski definition) is 1. The van der Waals surface area contributed by atoms with Crippen molar-refractivity contribution in [3.63, 3.8) is 0 Å². The van der Waals surface area contributed by atoms with Gasteiger partial charge in [0.1, 0.15) is 5.82 Å². The van der Waals surface area contributed by atoms with Crippen LogP contribution in [0.25, 0.3) is 29.1 Å². The fourth-order valence-electron chi connectivity index (χ4n) is 2.80. The minimum absolute atomic E-state index is 0.250. The highest BCUT2D eigenvalue weighted by Crippen LogP contribution is 2.23. The van der Waals surface area contributed by atoms with Gasteiger partial charge in [0.05, 0.1) is 17.1 Å². The number of aromatic nitrogens is 2. The van der Waals surface area contributed by atoms with Crippen LogP contribution in [0.15, 0.2) is 91.0 Å². The van der Waals surface area contributed by atoms with Crippen molar-refractivity contribution in [1.29, 1.82) is 0 Å². The lowest BCUT2D eigenvalue weighted by atomic mass is 10.1. The van der Waals surface area contributed by atoms with E-state index in [1.807, 2.05) is 65.4 Å². The Labute approximate surface area is 151 Å². The molecule has 0 N–H and O–H groups in total. The van der Waals surface area contributed by atoms with Crippen molar-refractivity contribution < 1.29 is 4.39 Å². The SMILES string of the molecule is Fc1ccc(-c2cc(/C=C/c3ccccc3)n(-c3ccccc3)n2)cc1. The molecule has 0 atom stereocenters. The Kier molecular flexibility index (Phi) is 4.44. The van der Waals surface area contributed by atoms with Crippen LogP contribution >= 0.6 is 0 Å². The van der Waals surface area contributed by atoms with Crippen LogP contribution in [0.4, 0.5) is 4.39 Å². The Hall–Kier alpha value is -3.46. The Morgan fingerprint density at radius 3 is 2.08 bits per heavy atom. The second-order valence-corrected chi connectivity index (χ2v) is 5.95. The minimum Gasteiger partial charge on any atom is -0.233 e. The van der Waals surface area contributed by atoms with Gasteiger partial charge in [-0.2, -0.15) is 5.10 Å². The van der Waals surface area contributed by atoms with Crippen molar-refractivity contribution in [2.75, 3.05) is 0 Å². The zero-order chi connectivity index (χ0) is 17.8.